The van der Waals surface area contributed by atoms with E-state index in [0.717, 1.165) is 32.4 Å². The van der Waals surface area contributed by atoms with Crippen LogP contribution in [0.4, 0.5) is 0 Å². The van der Waals surface area contributed by atoms with Gasteiger partial charge in [-0.2, -0.15) is 0 Å². The summed E-state index contributed by atoms with van der Waals surface area (Å²) < 4.78 is 0. The lowest BCUT2D eigenvalue weighted by molar-refractivity contribution is -0.154. The van der Waals surface area contributed by atoms with E-state index in [0.29, 0.717) is 19.4 Å². The Hall–Kier alpha value is -1.10. The van der Waals surface area contributed by atoms with Gasteiger partial charge in [0, 0.05) is 19.6 Å². The van der Waals surface area contributed by atoms with Gasteiger partial charge in [-0.25, -0.2) is 0 Å². The minimum absolute atomic E-state index is 0.109. The van der Waals surface area contributed by atoms with Crippen LogP contribution in [-0.4, -0.2) is 58.0 Å². The van der Waals surface area contributed by atoms with Crippen LogP contribution in [0.2, 0.25) is 0 Å². The molecule has 0 aliphatic carbocycles. The fourth-order valence-corrected chi connectivity index (χ4v) is 3.91. The van der Waals surface area contributed by atoms with Crippen molar-refractivity contribution in [2.24, 2.45) is 0 Å². The fraction of sp³-hybridized carbons (Fsp3) is 0.875. The molecule has 0 aromatic carbocycles. The van der Waals surface area contributed by atoms with Gasteiger partial charge >= 0.3 is 5.97 Å². The summed E-state index contributed by atoms with van der Waals surface area (Å²) in [6.45, 7) is 6.15. The standard InChI is InChI=1S/C16H28N2O3/c1-3-16(15(20)21)9-8-12-18(16)13(2)14(19)17-10-6-4-5-7-11-17/h13H,3-12H2,1-2H3,(H,20,21). The Labute approximate surface area is 127 Å². The highest BCUT2D eigenvalue weighted by Gasteiger charge is 2.49. The lowest BCUT2D eigenvalue weighted by atomic mass is 9.92. The highest BCUT2D eigenvalue weighted by atomic mass is 16.4. The van der Waals surface area contributed by atoms with E-state index in [1.165, 1.54) is 12.8 Å². The Kier molecular flexibility index (Phi) is 5.25. The second kappa shape index (κ2) is 6.77. The van der Waals surface area contributed by atoms with Crippen molar-refractivity contribution in [1.82, 2.24) is 9.80 Å². The number of hydrogen-bond acceptors (Lipinski definition) is 3. The molecule has 2 rings (SSSR count). The van der Waals surface area contributed by atoms with Crippen LogP contribution in [0.5, 0.6) is 0 Å². The zero-order valence-electron chi connectivity index (χ0n) is 13.3. The number of carbonyl (C=O) groups excluding carboxylic acids is 1. The SMILES string of the molecule is CCC1(C(=O)O)CCCN1C(C)C(=O)N1CCCCCC1. The summed E-state index contributed by atoms with van der Waals surface area (Å²) >= 11 is 0. The molecule has 2 aliphatic heterocycles. The second-order valence-electron chi connectivity index (χ2n) is 6.40. The predicted molar refractivity (Wildman–Crippen MR) is 81.1 cm³/mol. The van der Waals surface area contributed by atoms with Crippen LogP contribution >= 0.6 is 0 Å². The van der Waals surface area contributed by atoms with Crippen LogP contribution in [0.1, 0.15) is 58.8 Å². The summed E-state index contributed by atoms with van der Waals surface area (Å²) in [5.74, 6) is -0.670. The smallest absolute Gasteiger partial charge is 0.324 e. The fourth-order valence-electron chi connectivity index (χ4n) is 3.91. The molecule has 2 saturated heterocycles. The zero-order chi connectivity index (χ0) is 15.5. The average Bonchev–Trinajstić information content (AvgIpc) is 2.74. The van der Waals surface area contributed by atoms with Crippen LogP contribution in [0, 0.1) is 0 Å². The van der Waals surface area contributed by atoms with E-state index in [9.17, 15) is 14.7 Å². The topological polar surface area (TPSA) is 60.9 Å². The summed E-state index contributed by atoms with van der Waals surface area (Å²) in [6.07, 6.45) is 6.58. The largest absolute Gasteiger partial charge is 0.480 e. The highest BCUT2D eigenvalue weighted by Crippen LogP contribution is 2.35. The maximum Gasteiger partial charge on any atom is 0.324 e. The third-order valence-electron chi connectivity index (χ3n) is 5.26. The quantitative estimate of drug-likeness (QED) is 0.863. The number of carbonyl (C=O) groups is 2. The summed E-state index contributed by atoms with van der Waals surface area (Å²) in [5.41, 5.74) is -0.846. The molecule has 2 heterocycles. The van der Waals surface area contributed by atoms with Gasteiger partial charge in [0.25, 0.3) is 0 Å². The number of carboxylic acid groups (broad SMARTS) is 1. The number of likely N-dealkylation sites (tertiary alicyclic amines) is 2. The zero-order valence-corrected chi connectivity index (χ0v) is 13.3. The first kappa shape index (κ1) is 16.3. The van der Waals surface area contributed by atoms with Crippen LogP contribution in [0.3, 0.4) is 0 Å². The summed E-state index contributed by atoms with van der Waals surface area (Å²) in [5, 5.41) is 9.65. The molecule has 1 N–H and O–H groups in total. The molecule has 0 bridgehead atoms. The number of amides is 1. The number of nitrogens with zero attached hydrogens (tertiary/aromatic N) is 2. The minimum Gasteiger partial charge on any atom is -0.480 e. The first-order valence-electron chi connectivity index (χ1n) is 8.32. The van der Waals surface area contributed by atoms with Crippen LogP contribution in [-0.2, 0) is 9.59 Å². The van der Waals surface area contributed by atoms with E-state index in [2.05, 4.69) is 0 Å². The van der Waals surface area contributed by atoms with Gasteiger partial charge in [-0.05, 0) is 39.0 Å². The summed E-state index contributed by atoms with van der Waals surface area (Å²) in [7, 11) is 0. The van der Waals surface area contributed by atoms with Gasteiger partial charge in [0.15, 0.2) is 0 Å². The molecule has 0 saturated carbocycles. The third-order valence-corrected chi connectivity index (χ3v) is 5.26. The molecule has 2 unspecified atom stereocenters. The molecule has 1 amide bonds. The first-order chi connectivity index (χ1) is 10.0. The summed E-state index contributed by atoms with van der Waals surface area (Å²) in [6, 6.07) is -0.332. The van der Waals surface area contributed by atoms with Crippen molar-refractivity contribution in [2.75, 3.05) is 19.6 Å². The van der Waals surface area contributed by atoms with Crippen molar-refractivity contribution in [2.45, 2.75) is 70.4 Å². The molecular formula is C16H28N2O3. The molecule has 5 heteroatoms. The number of rotatable bonds is 4. The van der Waals surface area contributed by atoms with E-state index in [1.54, 1.807) is 0 Å². The molecule has 2 fully saturated rings. The third kappa shape index (κ3) is 3.07. The van der Waals surface area contributed by atoms with Crippen molar-refractivity contribution in [1.29, 1.82) is 0 Å². The predicted octanol–water partition coefficient (Wildman–Crippen LogP) is 2.11. The van der Waals surface area contributed by atoms with Gasteiger partial charge < -0.3 is 10.0 Å². The Balaban J connectivity index is 2.12. The van der Waals surface area contributed by atoms with E-state index >= 15 is 0 Å². The first-order valence-corrected chi connectivity index (χ1v) is 8.32. The Morgan fingerprint density at radius 1 is 1.10 bits per heavy atom. The summed E-state index contributed by atoms with van der Waals surface area (Å²) in [4.78, 5) is 28.4. The van der Waals surface area contributed by atoms with E-state index < -0.39 is 11.5 Å². The Morgan fingerprint density at radius 3 is 2.24 bits per heavy atom. The number of carboxylic acids is 1. The van der Waals surface area contributed by atoms with Gasteiger partial charge in [0.05, 0.1) is 6.04 Å². The monoisotopic (exact) mass is 296 g/mol. The maximum absolute atomic E-state index is 12.8. The van der Waals surface area contributed by atoms with Gasteiger partial charge in [-0.1, -0.05) is 19.8 Å². The molecular weight excluding hydrogens is 268 g/mol. The lowest BCUT2D eigenvalue weighted by Crippen LogP contribution is -2.58. The molecule has 2 atom stereocenters. The van der Waals surface area contributed by atoms with Crippen LogP contribution in [0.25, 0.3) is 0 Å². The van der Waals surface area contributed by atoms with E-state index in [1.807, 2.05) is 23.6 Å². The number of hydrogen-bond donors (Lipinski definition) is 1. The van der Waals surface area contributed by atoms with Crippen molar-refractivity contribution in [3.05, 3.63) is 0 Å². The number of aliphatic carboxylic acids is 1. The molecule has 120 valence electrons. The Morgan fingerprint density at radius 2 is 1.71 bits per heavy atom. The van der Waals surface area contributed by atoms with Crippen LogP contribution in [0.15, 0.2) is 0 Å². The van der Waals surface area contributed by atoms with Crippen molar-refractivity contribution in [3.63, 3.8) is 0 Å². The van der Waals surface area contributed by atoms with Crippen molar-refractivity contribution >= 4 is 11.9 Å². The normalized spacial score (nSPS) is 29.1. The van der Waals surface area contributed by atoms with E-state index in [-0.39, 0.29) is 11.9 Å². The van der Waals surface area contributed by atoms with Crippen LogP contribution < -0.4 is 0 Å². The molecule has 21 heavy (non-hydrogen) atoms. The lowest BCUT2D eigenvalue weighted by Gasteiger charge is -2.39. The Bertz CT molecular complexity index is 391. The average molecular weight is 296 g/mol. The molecule has 2 aliphatic rings. The van der Waals surface area contributed by atoms with E-state index in [4.69, 9.17) is 0 Å². The molecule has 0 aromatic rings. The van der Waals surface area contributed by atoms with Crippen molar-refractivity contribution in [3.8, 4) is 0 Å². The van der Waals surface area contributed by atoms with Gasteiger partial charge in [0.1, 0.15) is 5.54 Å². The van der Waals surface area contributed by atoms with Gasteiger partial charge in [-0.3, -0.25) is 14.5 Å². The maximum atomic E-state index is 12.8. The highest BCUT2D eigenvalue weighted by molar-refractivity contribution is 5.84. The van der Waals surface area contributed by atoms with Gasteiger partial charge in [-0.15, -0.1) is 0 Å². The van der Waals surface area contributed by atoms with Crippen molar-refractivity contribution < 1.29 is 14.7 Å². The van der Waals surface area contributed by atoms with Gasteiger partial charge in [0.2, 0.25) is 5.91 Å². The minimum atomic E-state index is -0.846. The molecule has 5 nitrogen and oxygen atoms in total. The second-order valence-corrected chi connectivity index (χ2v) is 6.40. The molecule has 0 radical (unpaired) electrons. The molecule has 0 aromatic heterocycles. The molecule has 0 spiro atoms.